The zero-order valence-corrected chi connectivity index (χ0v) is 18.1. The number of furan rings is 1. The van der Waals surface area contributed by atoms with Crippen molar-refractivity contribution in [1.82, 2.24) is 0 Å². The fraction of sp³-hybridized carbons (Fsp3) is 0.417. The van der Waals surface area contributed by atoms with E-state index in [1.807, 2.05) is 26.0 Å². The van der Waals surface area contributed by atoms with Crippen molar-refractivity contribution >= 4 is 11.0 Å². The first-order valence-corrected chi connectivity index (χ1v) is 10.7. The zero-order valence-electron chi connectivity index (χ0n) is 18.1. The maximum atomic E-state index is 10.3. The van der Waals surface area contributed by atoms with Gasteiger partial charge in [0.1, 0.15) is 52.5 Å². The van der Waals surface area contributed by atoms with Crippen molar-refractivity contribution in [3.05, 3.63) is 42.0 Å². The van der Waals surface area contributed by atoms with Gasteiger partial charge in [0.15, 0.2) is 0 Å². The molecule has 1 aromatic heterocycles. The number of aliphatic hydroxyl groups excluding tert-OH is 4. The van der Waals surface area contributed by atoms with E-state index in [-0.39, 0.29) is 18.1 Å². The van der Waals surface area contributed by atoms with Gasteiger partial charge in [-0.2, -0.15) is 0 Å². The third-order valence-electron chi connectivity index (χ3n) is 6.17. The Balaban J connectivity index is 1.45. The third kappa shape index (κ3) is 4.03. The number of hydrogen-bond acceptors (Lipinski definition) is 9. The molecule has 2 aromatic carbocycles. The van der Waals surface area contributed by atoms with E-state index in [1.54, 1.807) is 12.1 Å². The van der Waals surface area contributed by atoms with E-state index >= 15 is 0 Å². The Morgan fingerprint density at radius 3 is 2.55 bits per heavy atom. The summed E-state index contributed by atoms with van der Waals surface area (Å²) in [6.45, 7) is 3.47. The van der Waals surface area contributed by atoms with Gasteiger partial charge in [0.2, 0.25) is 6.29 Å². The molecule has 1 saturated heterocycles. The fourth-order valence-corrected chi connectivity index (χ4v) is 4.13. The lowest BCUT2D eigenvalue weighted by Crippen LogP contribution is -2.54. The van der Waals surface area contributed by atoms with Gasteiger partial charge in [-0.05, 0) is 43.7 Å². The average molecular weight is 458 g/mol. The molecule has 0 bridgehead atoms. The smallest absolute Gasteiger partial charge is 0.228 e. The van der Waals surface area contributed by atoms with Crippen molar-refractivity contribution in [1.29, 1.82) is 0 Å². The van der Waals surface area contributed by atoms with E-state index in [2.05, 4.69) is 0 Å². The summed E-state index contributed by atoms with van der Waals surface area (Å²) in [7, 11) is 0. The molecule has 2 aliphatic rings. The minimum absolute atomic E-state index is 0.0960. The summed E-state index contributed by atoms with van der Waals surface area (Å²) in [5, 5.41) is 50.9. The summed E-state index contributed by atoms with van der Waals surface area (Å²) < 4.78 is 22.9. The van der Waals surface area contributed by atoms with Crippen molar-refractivity contribution in [2.45, 2.75) is 56.6 Å². The van der Waals surface area contributed by atoms with Crippen LogP contribution >= 0.6 is 0 Å². The van der Waals surface area contributed by atoms with Crippen molar-refractivity contribution in [3.8, 4) is 28.6 Å². The lowest BCUT2D eigenvalue weighted by molar-refractivity contribution is -0.242. The molecule has 5 rings (SSSR count). The van der Waals surface area contributed by atoms with Gasteiger partial charge in [0.05, 0.1) is 12.7 Å². The SMILES string of the molecule is CC1(C)Oc2cc3oc(-c4cc(O)cc(O[C@@H]5OC[C@@H](O)[C@H](O)[C@H]5O)c4)cc3cc2CC1O. The molecule has 0 amide bonds. The first-order chi connectivity index (χ1) is 15.6. The van der Waals surface area contributed by atoms with Crippen LogP contribution < -0.4 is 9.47 Å². The maximum Gasteiger partial charge on any atom is 0.228 e. The van der Waals surface area contributed by atoms with Gasteiger partial charge in [-0.3, -0.25) is 0 Å². The largest absolute Gasteiger partial charge is 0.508 e. The van der Waals surface area contributed by atoms with E-state index in [0.29, 0.717) is 29.1 Å². The third-order valence-corrected chi connectivity index (χ3v) is 6.17. The van der Waals surface area contributed by atoms with Gasteiger partial charge in [0, 0.05) is 29.5 Å². The molecule has 0 radical (unpaired) electrons. The summed E-state index contributed by atoms with van der Waals surface area (Å²) in [5.41, 5.74) is 1.28. The topological polar surface area (TPSA) is 142 Å². The standard InChI is InChI=1S/C24H26O9/c1-24(2)20(27)7-12-3-11-6-17(32-18(11)9-19(12)33-24)13-4-14(25)8-15(5-13)31-23-22(29)21(28)16(26)10-30-23/h3-6,8-9,16,20-23,25-29H,7,10H2,1-2H3/t16-,20?,21+,22-,23+/m1/s1. The molecule has 3 heterocycles. The molecule has 9 heteroatoms. The summed E-state index contributed by atoms with van der Waals surface area (Å²) in [5.74, 6) is 1.21. The predicted molar refractivity (Wildman–Crippen MR) is 116 cm³/mol. The molecule has 0 aliphatic carbocycles. The Kier molecular flexibility index (Phi) is 5.26. The van der Waals surface area contributed by atoms with Crippen LogP contribution in [0.25, 0.3) is 22.3 Å². The lowest BCUT2D eigenvalue weighted by atomic mass is 9.90. The van der Waals surface area contributed by atoms with Gasteiger partial charge in [-0.15, -0.1) is 0 Å². The Hall–Kier alpha value is -2.82. The highest BCUT2D eigenvalue weighted by Crippen LogP contribution is 2.39. The van der Waals surface area contributed by atoms with Crippen LogP contribution in [-0.2, 0) is 11.2 Å². The number of phenolic OH excluding ortho intramolecular Hbond substituents is 1. The van der Waals surface area contributed by atoms with Crippen LogP contribution in [0.2, 0.25) is 0 Å². The number of benzene rings is 2. The van der Waals surface area contributed by atoms with Gasteiger partial charge in [-0.1, -0.05) is 0 Å². The summed E-state index contributed by atoms with van der Waals surface area (Å²) in [6, 6.07) is 9.97. The quantitative estimate of drug-likeness (QED) is 0.396. The van der Waals surface area contributed by atoms with Crippen molar-refractivity contribution in [3.63, 3.8) is 0 Å². The van der Waals surface area contributed by atoms with Gasteiger partial charge in [-0.25, -0.2) is 0 Å². The molecule has 9 nitrogen and oxygen atoms in total. The number of hydrogen-bond donors (Lipinski definition) is 5. The lowest BCUT2D eigenvalue weighted by Gasteiger charge is -2.36. The molecule has 3 aromatic rings. The molecular weight excluding hydrogens is 432 g/mol. The first kappa shape index (κ1) is 22.0. The summed E-state index contributed by atoms with van der Waals surface area (Å²) >= 11 is 0. The number of phenols is 1. The predicted octanol–water partition coefficient (Wildman–Crippen LogP) is 1.70. The zero-order chi connectivity index (χ0) is 23.5. The first-order valence-electron chi connectivity index (χ1n) is 10.7. The van der Waals surface area contributed by atoms with Crippen LogP contribution in [0.5, 0.6) is 17.2 Å². The number of aliphatic hydroxyl groups is 4. The number of rotatable bonds is 3. The number of ether oxygens (including phenoxy) is 3. The van der Waals surface area contributed by atoms with E-state index in [0.717, 1.165) is 10.9 Å². The van der Waals surface area contributed by atoms with Crippen LogP contribution in [0.15, 0.2) is 40.8 Å². The van der Waals surface area contributed by atoms with Gasteiger partial charge in [0.25, 0.3) is 0 Å². The summed E-state index contributed by atoms with van der Waals surface area (Å²) in [6.07, 6.45) is -5.46. The van der Waals surface area contributed by atoms with Crippen LogP contribution in [0.1, 0.15) is 19.4 Å². The summed E-state index contributed by atoms with van der Waals surface area (Å²) in [4.78, 5) is 0. The second-order valence-electron chi connectivity index (χ2n) is 9.12. The van der Waals surface area contributed by atoms with Gasteiger partial charge >= 0.3 is 0 Å². The second kappa shape index (κ2) is 7.89. The Morgan fingerprint density at radius 2 is 1.76 bits per heavy atom. The molecule has 176 valence electrons. The highest BCUT2D eigenvalue weighted by molar-refractivity contribution is 5.85. The van der Waals surface area contributed by atoms with Crippen molar-refractivity contribution in [2.75, 3.05) is 6.61 Å². The van der Waals surface area contributed by atoms with E-state index in [9.17, 15) is 25.5 Å². The van der Waals surface area contributed by atoms with Crippen LogP contribution in [0.3, 0.4) is 0 Å². The second-order valence-corrected chi connectivity index (χ2v) is 9.12. The van der Waals surface area contributed by atoms with Crippen molar-refractivity contribution in [2.24, 2.45) is 0 Å². The van der Waals surface area contributed by atoms with Crippen LogP contribution in [0, 0.1) is 0 Å². The molecule has 2 aliphatic heterocycles. The Bertz CT molecular complexity index is 1180. The highest BCUT2D eigenvalue weighted by atomic mass is 16.7. The van der Waals surface area contributed by atoms with E-state index in [1.165, 1.54) is 12.1 Å². The van der Waals surface area contributed by atoms with E-state index in [4.69, 9.17) is 18.6 Å². The maximum absolute atomic E-state index is 10.3. The van der Waals surface area contributed by atoms with E-state index < -0.39 is 36.3 Å². The van der Waals surface area contributed by atoms with Crippen LogP contribution in [-0.4, -0.2) is 68.4 Å². The number of fused-ring (bicyclic) bond motifs is 2. The minimum atomic E-state index is -1.46. The Morgan fingerprint density at radius 1 is 0.970 bits per heavy atom. The number of aromatic hydroxyl groups is 1. The molecule has 0 saturated carbocycles. The monoisotopic (exact) mass is 458 g/mol. The molecule has 0 spiro atoms. The molecular formula is C24H26O9. The minimum Gasteiger partial charge on any atom is -0.508 e. The average Bonchev–Trinajstić information content (AvgIpc) is 3.16. The molecule has 5 atom stereocenters. The van der Waals surface area contributed by atoms with Gasteiger partial charge < -0.3 is 44.2 Å². The Labute approximate surface area is 189 Å². The molecule has 1 fully saturated rings. The highest BCUT2D eigenvalue weighted by Gasteiger charge is 2.39. The van der Waals surface area contributed by atoms with Crippen LogP contribution in [0.4, 0.5) is 0 Å². The van der Waals surface area contributed by atoms with Crippen molar-refractivity contribution < 1.29 is 44.2 Å². The normalized spacial score (nSPS) is 28.8. The fourth-order valence-electron chi connectivity index (χ4n) is 4.13. The molecule has 5 N–H and O–H groups in total. The molecule has 33 heavy (non-hydrogen) atoms. The molecule has 1 unspecified atom stereocenters.